The molecule has 0 fully saturated rings. The molecule has 0 aliphatic rings. The Balaban J connectivity index is 1.72. The highest BCUT2D eigenvalue weighted by atomic mass is 31.2. The summed E-state index contributed by atoms with van der Waals surface area (Å²) in [6.45, 7) is 5.92. The van der Waals surface area contributed by atoms with Gasteiger partial charge in [0.15, 0.2) is 24.8 Å². The molecule has 2 heterocycles. The molecule has 7 nitrogen and oxygen atoms in total. The quantitative estimate of drug-likeness (QED) is 0.199. The zero-order chi connectivity index (χ0) is 21.1. The molecular weight excluding hydrogens is 387 g/mol. The van der Waals surface area contributed by atoms with E-state index < -0.39 is 7.87 Å². The van der Waals surface area contributed by atoms with E-state index in [1.165, 1.54) is 37.1 Å². The maximum Gasteiger partial charge on any atom is 0.366 e. The normalized spacial score (nSPS) is 13.6. The van der Waals surface area contributed by atoms with Crippen molar-refractivity contribution in [2.75, 3.05) is 13.2 Å². The third kappa shape index (κ3) is 9.72. The van der Waals surface area contributed by atoms with Crippen molar-refractivity contribution in [1.82, 2.24) is 5.23 Å². The van der Waals surface area contributed by atoms with E-state index in [0.29, 0.717) is 11.8 Å². The van der Waals surface area contributed by atoms with Crippen LogP contribution in [-0.4, -0.2) is 28.5 Å². The van der Waals surface area contributed by atoms with E-state index in [0.717, 1.165) is 32.4 Å². The van der Waals surface area contributed by atoms with Gasteiger partial charge in [-0.15, -0.1) is 0 Å². The van der Waals surface area contributed by atoms with Crippen molar-refractivity contribution >= 4 is 7.87 Å². The summed E-state index contributed by atoms with van der Waals surface area (Å²) < 4.78 is 9.23. The molecule has 160 valence electrons. The largest absolute Gasteiger partial charge is 0.366 e. The van der Waals surface area contributed by atoms with E-state index >= 15 is 0 Å². The maximum atomic E-state index is 9.50. The third-order valence-electron chi connectivity index (χ3n) is 4.66. The van der Waals surface area contributed by atoms with E-state index in [-0.39, 0.29) is 0 Å². The summed E-state index contributed by atoms with van der Waals surface area (Å²) in [5.41, 5.74) is 7.81. The highest BCUT2D eigenvalue weighted by Crippen LogP contribution is 2.42. The van der Waals surface area contributed by atoms with Crippen LogP contribution in [0.1, 0.15) is 45.4 Å². The van der Waals surface area contributed by atoms with Gasteiger partial charge in [-0.1, -0.05) is 18.0 Å². The topological polar surface area (TPSA) is 86.7 Å². The monoisotopic (exact) mass is 423 g/mol. The van der Waals surface area contributed by atoms with Gasteiger partial charge in [0.1, 0.15) is 19.8 Å². The molecule has 1 unspecified atom stereocenters. The van der Waals surface area contributed by atoms with Crippen LogP contribution in [0.4, 0.5) is 0 Å². The molecule has 4 N–H and O–H groups in total. The second-order valence-electron chi connectivity index (χ2n) is 7.52. The van der Waals surface area contributed by atoms with Crippen LogP contribution in [0.2, 0.25) is 0 Å². The van der Waals surface area contributed by atoms with Crippen LogP contribution in [0.3, 0.4) is 0 Å². The number of hydrogen-bond acceptors (Lipinski definition) is 5. The lowest BCUT2D eigenvalue weighted by molar-refractivity contribution is -0.697. The highest BCUT2D eigenvalue weighted by Gasteiger charge is 2.28. The van der Waals surface area contributed by atoms with Gasteiger partial charge in [-0.05, 0) is 35.6 Å². The second kappa shape index (κ2) is 12.3. The molecule has 0 saturated carbocycles. The molecule has 2 aromatic heterocycles. The number of hydroxylamine groups is 2. The van der Waals surface area contributed by atoms with E-state index in [4.69, 9.17) is 10.1 Å². The molecule has 0 saturated heterocycles. The van der Waals surface area contributed by atoms with Crippen molar-refractivity contribution in [3.05, 3.63) is 49.1 Å². The predicted molar refractivity (Wildman–Crippen MR) is 114 cm³/mol. The molecule has 0 radical (unpaired) electrons. The van der Waals surface area contributed by atoms with E-state index in [1.807, 2.05) is 0 Å². The lowest BCUT2D eigenvalue weighted by Gasteiger charge is -2.14. The minimum absolute atomic E-state index is 0.323. The number of pyridine rings is 2. The Morgan fingerprint density at radius 2 is 1.38 bits per heavy atom. The van der Waals surface area contributed by atoms with Gasteiger partial charge < -0.3 is 0 Å². The van der Waals surface area contributed by atoms with Crippen molar-refractivity contribution in [3.63, 3.8) is 0 Å². The van der Waals surface area contributed by atoms with Crippen LogP contribution in [0.5, 0.6) is 0 Å². The molecular formula is C21H36N4O3P+3. The average Bonchev–Trinajstić information content (AvgIpc) is 2.68. The first-order valence-corrected chi connectivity index (χ1v) is 12.6. The Morgan fingerprint density at radius 3 is 1.83 bits per heavy atom. The minimum Gasteiger partial charge on any atom is -0.286 e. The summed E-state index contributed by atoms with van der Waals surface area (Å²) in [5.74, 6) is 0. The maximum absolute atomic E-state index is 9.50. The summed E-state index contributed by atoms with van der Waals surface area (Å²) in [6, 6.07) is 8.64. The van der Waals surface area contributed by atoms with Gasteiger partial charge in [0.2, 0.25) is 0 Å². The molecule has 2 aromatic rings. The van der Waals surface area contributed by atoms with Crippen molar-refractivity contribution in [2.45, 2.75) is 58.5 Å². The third-order valence-corrected chi connectivity index (χ3v) is 5.18. The molecule has 1 atom stereocenters. The molecule has 0 aliphatic carbocycles. The van der Waals surface area contributed by atoms with Gasteiger partial charge in [0, 0.05) is 37.1 Å². The molecule has 8 heteroatoms. The number of nitrogens with two attached hydrogens (primary N) is 1. The molecule has 29 heavy (non-hydrogen) atoms. The fourth-order valence-corrected chi connectivity index (χ4v) is 3.56. The second-order valence-corrected chi connectivity index (χ2v) is 9.57. The summed E-state index contributed by atoms with van der Waals surface area (Å²) in [5, 5.41) is 10.1. The summed E-state index contributed by atoms with van der Waals surface area (Å²) >= 11 is 0. The molecule has 2 rings (SSSR count). The van der Waals surface area contributed by atoms with E-state index in [1.54, 1.807) is 0 Å². The summed E-state index contributed by atoms with van der Waals surface area (Å²) in [6.07, 6.45) is 15.0. The van der Waals surface area contributed by atoms with Gasteiger partial charge in [0.25, 0.3) is 0 Å². The summed E-state index contributed by atoms with van der Waals surface area (Å²) in [4.78, 5) is 9.36. The first-order chi connectivity index (χ1) is 13.9. The Hall–Kier alpha value is -1.47. The molecule has 0 spiro atoms. The molecule has 0 amide bonds. The first kappa shape index (κ1) is 23.8. The zero-order valence-electron chi connectivity index (χ0n) is 17.7. The lowest BCUT2D eigenvalue weighted by Crippen LogP contribution is -2.33. The first-order valence-electron chi connectivity index (χ1n) is 10.4. The predicted octanol–water partition coefficient (Wildman–Crippen LogP) is 3.26. The van der Waals surface area contributed by atoms with Crippen molar-refractivity contribution < 1.29 is 23.9 Å². The number of nitrogens with zero attached hydrogens (tertiary/aromatic N) is 3. The Bertz CT molecular complexity index is 705. The molecule has 0 aliphatic heterocycles. The average molecular weight is 424 g/mol. The van der Waals surface area contributed by atoms with Crippen molar-refractivity contribution in [1.29, 1.82) is 0 Å². The van der Waals surface area contributed by atoms with Crippen LogP contribution in [0.25, 0.3) is 11.1 Å². The number of hydrogen-bond donors (Lipinski definition) is 3. The number of unbranched alkanes of at least 4 members (excludes halogenated alkanes) is 4. The Kier molecular flexibility index (Phi) is 10.1. The van der Waals surface area contributed by atoms with Gasteiger partial charge in [-0.2, -0.15) is 5.50 Å². The zero-order valence-corrected chi connectivity index (χ0v) is 18.5. The van der Waals surface area contributed by atoms with Gasteiger partial charge in [-0.25, -0.2) is 14.0 Å². The SMILES string of the molecule is CCCCC[n+]1ccc(-c2cc[n+](CCCCCN(O)O[P+](C)(N)O)cc2)cc1. The fraction of sp³-hybridized carbons (Fsp3) is 0.524. The molecule has 0 bridgehead atoms. The van der Waals surface area contributed by atoms with Gasteiger partial charge in [-0.3, -0.25) is 5.21 Å². The van der Waals surface area contributed by atoms with Crippen LogP contribution >= 0.6 is 7.87 Å². The number of aromatic nitrogens is 2. The highest BCUT2D eigenvalue weighted by molar-refractivity contribution is 7.62. The van der Waals surface area contributed by atoms with Crippen LogP contribution in [0, 0.1) is 0 Å². The Morgan fingerprint density at radius 1 is 0.897 bits per heavy atom. The number of aryl methyl sites for hydroxylation is 2. The Labute approximate surface area is 174 Å². The minimum atomic E-state index is -2.94. The standard InChI is InChI=1S/C21H36N4O3P/c1-3-4-6-13-23-16-9-20(10-17-23)21-11-18-24(19-12-21)14-7-5-8-15-25(26)28-29(2,22)27/h9-12,16-19,26-27H,3-8,13-15,22H2,1-2H3/q+3. The smallest absolute Gasteiger partial charge is 0.286 e. The van der Waals surface area contributed by atoms with E-state index in [9.17, 15) is 10.1 Å². The van der Waals surface area contributed by atoms with E-state index in [2.05, 4.69) is 65.1 Å². The van der Waals surface area contributed by atoms with Crippen LogP contribution < -0.4 is 14.6 Å². The van der Waals surface area contributed by atoms with Gasteiger partial charge in [0.05, 0.1) is 6.54 Å². The van der Waals surface area contributed by atoms with Crippen LogP contribution in [-0.2, 0) is 17.7 Å². The fourth-order valence-electron chi connectivity index (χ4n) is 3.09. The summed E-state index contributed by atoms with van der Waals surface area (Å²) in [7, 11) is -2.94. The van der Waals surface area contributed by atoms with Crippen molar-refractivity contribution in [3.8, 4) is 11.1 Å². The lowest BCUT2D eigenvalue weighted by atomic mass is 10.1. The molecule has 0 aromatic carbocycles. The van der Waals surface area contributed by atoms with Gasteiger partial charge >= 0.3 is 7.87 Å². The van der Waals surface area contributed by atoms with Crippen molar-refractivity contribution in [2.24, 2.45) is 5.50 Å². The van der Waals surface area contributed by atoms with Crippen LogP contribution in [0.15, 0.2) is 49.1 Å². The number of rotatable bonds is 13.